The minimum atomic E-state index is 0.797. The highest BCUT2D eigenvalue weighted by molar-refractivity contribution is 5.79. The monoisotopic (exact) mass is 326 g/mol. The van der Waals surface area contributed by atoms with Crippen LogP contribution in [0.2, 0.25) is 0 Å². The van der Waals surface area contributed by atoms with Gasteiger partial charge in [0.15, 0.2) is 0 Å². The lowest BCUT2D eigenvalue weighted by Gasteiger charge is -2.06. The molecule has 0 saturated heterocycles. The van der Waals surface area contributed by atoms with Crippen LogP contribution in [0.3, 0.4) is 0 Å². The van der Waals surface area contributed by atoms with E-state index in [0.717, 1.165) is 33.3 Å². The molecule has 0 aliphatic carbocycles. The Balaban J connectivity index is 1.89. The molecule has 3 aromatic carbocycles. The maximum Gasteiger partial charge on any atom is 0.136 e. The average Bonchev–Trinajstić information content (AvgIpc) is 2.67. The van der Waals surface area contributed by atoms with Gasteiger partial charge in [0.25, 0.3) is 0 Å². The lowest BCUT2D eigenvalue weighted by molar-refractivity contribution is 0.618. The van der Waals surface area contributed by atoms with Gasteiger partial charge >= 0.3 is 0 Å². The van der Waals surface area contributed by atoms with E-state index in [4.69, 9.17) is 4.42 Å². The van der Waals surface area contributed by atoms with Crippen molar-refractivity contribution in [1.29, 1.82) is 0 Å². The Labute approximate surface area is 146 Å². The van der Waals surface area contributed by atoms with E-state index in [-0.39, 0.29) is 0 Å². The first-order valence-electron chi connectivity index (χ1n) is 8.24. The summed E-state index contributed by atoms with van der Waals surface area (Å²) < 4.78 is 6.11. The van der Waals surface area contributed by atoms with Gasteiger partial charge in [-0.15, -0.1) is 0 Å². The third kappa shape index (κ3) is 3.31. The highest BCUT2D eigenvalue weighted by Crippen LogP contribution is 2.22. The Kier molecular flexibility index (Phi) is 4.05. The van der Waals surface area contributed by atoms with Crippen molar-refractivity contribution in [2.75, 3.05) is 5.43 Å². The number of aryl methyl sites for hydroxylation is 1. The van der Waals surface area contributed by atoms with Crippen molar-refractivity contribution in [3.05, 3.63) is 95.8 Å². The number of nitrogens with zero attached hydrogens (tertiary/aromatic N) is 1. The van der Waals surface area contributed by atoms with Gasteiger partial charge in [-0.1, -0.05) is 60.2 Å². The molecule has 4 rings (SSSR count). The van der Waals surface area contributed by atoms with E-state index in [2.05, 4.69) is 29.6 Å². The molecule has 0 aliphatic heterocycles. The molecular weight excluding hydrogens is 308 g/mol. The molecule has 0 spiro atoms. The van der Waals surface area contributed by atoms with Gasteiger partial charge in [0.05, 0.1) is 11.0 Å². The topological polar surface area (TPSA) is 37.5 Å². The summed E-state index contributed by atoms with van der Waals surface area (Å²) in [4.78, 5) is 0. The zero-order valence-electron chi connectivity index (χ0n) is 13.9. The smallest absolute Gasteiger partial charge is 0.136 e. The van der Waals surface area contributed by atoms with Crippen molar-refractivity contribution in [3.8, 4) is 11.3 Å². The molecule has 1 aromatic heterocycles. The van der Waals surface area contributed by atoms with Crippen molar-refractivity contribution < 1.29 is 4.42 Å². The molecule has 3 nitrogen and oxygen atoms in total. The molecule has 0 atom stereocenters. The van der Waals surface area contributed by atoms with E-state index in [1.807, 2.05) is 72.8 Å². The molecule has 122 valence electrons. The minimum Gasteiger partial charge on any atom is -0.456 e. The normalized spacial score (nSPS) is 11.6. The number of anilines is 1. The van der Waals surface area contributed by atoms with Crippen LogP contribution in [0.15, 0.2) is 94.4 Å². The van der Waals surface area contributed by atoms with Crippen molar-refractivity contribution in [2.45, 2.75) is 6.92 Å². The first-order valence-corrected chi connectivity index (χ1v) is 8.24. The lowest BCUT2D eigenvalue weighted by atomic mass is 10.1. The van der Waals surface area contributed by atoms with Crippen LogP contribution in [0.25, 0.3) is 22.3 Å². The quantitative estimate of drug-likeness (QED) is 0.516. The second-order valence-corrected chi connectivity index (χ2v) is 5.95. The lowest BCUT2D eigenvalue weighted by Crippen LogP contribution is -2.07. The van der Waals surface area contributed by atoms with Crippen molar-refractivity contribution in [3.63, 3.8) is 0 Å². The minimum absolute atomic E-state index is 0.797. The third-order valence-corrected chi connectivity index (χ3v) is 4.04. The van der Waals surface area contributed by atoms with E-state index in [1.165, 1.54) is 5.56 Å². The number of hydrogen-bond donors (Lipinski definition) is 1. The van der Waals surface area contributed by atoms with Crippen molar-refractivity contribution >= 4 is 16.7 Å². The molecule has 1 heterocycles. The fourth-order valence-corrected chi connectivity index (χ4v) is 2.76. The van der Waals surface area contributed by atoms with Crippen LogP contribution >= 0.6 is 0 Å². The second kappa shape index (κ2) is 6.65. The first-order chi connectivity index (χ1) is 12.3. The van der Waals surface area contributed by atoms with Crippen molar-refractivity contribution in [2.24, 2.45) is 5.10 Å². The Morgan fingerprint density at radius 1 is 0.800 bits per heavy atom. The highest BCUT2D eigenvalue weighted by atomic mass is 16.3. The highest BCUT2D eigenvalue weighted by Gasteiger charge is 2.06. The number of rotatable bonds is 3. The SMILES string of the molecule is Cc1ccc2oc(-c3ccccc3)c/c(=N\Nc3ccccc3)c2c1. The Hall–Kier alpha value is -3.33. The zero-order chi connectivity index (χ0) is 17.1. The first kappa shape index (κ1) is 15.2. The van der Waals surface area contributed by atoms with Gasteiger partial charge in [-0.2, -0.15) is 5.10 Å². The van der Waals surface area contributed by atoms with Gasteiger partial charge in [-0.3, -0.25) is 5.43 Å². The fraction of sp³-hybridized carbons (Fsp3) is 0.0455. The molecule has 0 saturated carbocycles. The third-order valence-electron chi connectivity index (χ3n) is 4.04. The van der Waals surface area contributed by atoms with E-state index in [9.17, 15) is 0 Å². The number of para-hydroxylation sites is 1. The molecule has 0 radical (unpaired) electrons. The molecule has 0 amide bonds. The molecule has 0 bridgehead atoms. The van der Waals surface area contributed by atoms with Crippen LogP contribution in [0, 0.1) is 6.92 Å². The summed E-state index contributed by atoms with van der Waals surface area (Å²) in [5, 5.41) is 6.47. The van der Waals surface area contributed by atoms with E-state index < -0.39 is 0 Å². The number of nitrogens with one attached hydrogen (secondary N) is 1. The second-order valence-electron chi connectivity index (χ2n) is 5.95. The predicted molar refractivity (Wildman–Crippen MR) is 102 cm³/mol. The van der Waals surface area contributed by atoms with Gasteiger partial charge in [0.2, 0.25) is 0 Å². The number of fused-ring (bicyclic) bond motifs is 1. The van der Waals surface area contributed by atoms with Gasteiger partial charge in [-0.25, -0.2) is 0 Å². The van der Waals surface area contributed by atoms with Crippen LogP contribution in [0.4, 0.5) is 5.69 Å². The van der Waals surface area contributed by atoms with Crippen LogP contribution in [-0.2, 0) is 0 Å². The maximum atomic E-state index is 6.11. The molecule has 0 unspecified atom stereocenters. The van der Waals surface area contributed by atoms with Gasteiger partial charge in [0.1, 0.15) is 11.3 Å². The molecule has 1 N–H and O–H groups in total. The van der Waals surface area contributed by atoms with Gasteiger partial charge < -0.3 is 4.42 Å². The standard InChI is InChI=1S/C22H18N2O/c1-16-12-13-21-19(14-16)20(24-23-18-10-6-3-7-11-18)15-22(25-21)17-8-4-2-5-9-17/h2-15,23H,1H3/b24-20+. The van der Waals surface area contributed by atoms with E-state index in [0.29, 0.717) is 0 Å². The molecule has 25 heavy (non-hydrogen) atoms. The maximum absolute atomic E-state index is 6.11. The summed E-state index contributed by atoms with van der Waals surface area (Å²) in [6.07, 6.45) is 0. The van der Waals surface area contributed by atoms with Crippen LogP contribution in [0.5, 0.6) is 0 Å². The van der Waals surface area contributed by atoms with E-state index in [1.54, 1.807) is 0 Å². The van der Waals surface area contributed by atoms with Crippen LogP contribution in [-0.4, -0.2) is 0 Å². The largest absolute Gasteiger partial charge is 0.456 e. The summed E-state index contributed by atoms with van der Waals surface area (Å²) in [6.45, 7) is 2.07. The Morgan fingerprint density at radius 2 is 1.52 bits per heavy atom. The fourth-order valence-electron chi connectivity index (χ4n) is 2.76. The summed E-state index contributed by atoms with van der Waals surface area (Å²) in [5.41, 5.74) is 7.11. The van der Waals surface area contributed by atoms with E-state index >= 15 is 0 Å². The average molecular weight is 326 g/mol. The Bertz CT molecular complexity index is 1070. The molecule has 0 aliphatic rings. The molecule has 4 aromatic rings. The molecule has 3 heteroatoms. The van der Waals surface area contributed by atoms with Gasteiger partial charge in [0, 0.05) is 17.0 Å². The van der Waals surface area contributed by atoms with Crippen LogP contribution in [0.1, 0.15) is 5.56 Å². The van der Waals surface area contributed by atoms with Crippen LogP contribution < -0.4 is 10.8 Å². The number of benzene rings is 3. The Morgan fingerprint density at radius 3 is 2.28 bits per heavy atom. The summed E-state index contributed by atoms with van der Waals surface area (Å²) in [7, 11) is 0. The summed E-state index contributed by atoms with van der Waals surface area (Å²) >= 11 is 0. The van der Waals surface area contributed by atoms with Crippen molar-refractivity contribution in [1.82, 2.24) is 0 Å². The molecular formula is C22H18N2O. The van der Waals surface area contributed by atoms with Gasteiger partial charge in [-0.05, 0) is 31.2 Å². The summed E-state index contributed by atoms with van der Waals surface area (Å²) in [6, 6.07) is 28.1. The zero-order valence-corrected chi connectivity index (χ0v) is 13.9. The predicted octanol–water partition coefficient (Wildman–Crippen LogP) is 5.34. The molecule has 0 fully saturated rings. The number of hydrogen-bond acceptors (Lipinski definition) is 3. The summed E-state index contributed by atoms with van der Waals surface area (Å²) in [5.74, 6) is 0.797.